The Hall–Kier alpha value is -0.220. The number of carbonyl (C=O) groups is 1. The van der Waals surface area contributed by atoms with E-state index < -0.39 is 0 Å². The van der Waals surface area contributed by atoms with Crippen LogP contribution in [0.2, 0.25) is 0 Å². The van der Waals surface area contributed by atoms with Gasteiger partial charge < -0.3 is 10.6 Å². The molecule has 4 unspecified atom stereocenters. The maximum atomic E-state index is 12.3. The van der Waals surface area contributed by atoms with Gasteiger partial charge in [-0.15, -0.1) is 0 Å². The van der Waals surface area contributed by atoms with E-state index in [0.29, 0.717) is 6.04 Å². The van der Waals surface area contributed by atoms with Crippen LogP contribution >= 0.6 is 11.8 Å². The molecule has 1 saturated carbocycles. The van der Waals surface area contributed by atoms with Crippen molar-refractivity contribution in [2.24, 2.45) is 5.92 Å². The lowest BCUT2D eigenvalue weighted by Crippen LogP contribution is -2.46. The molecule has 0 spiro atoms. The molecule has 3 aliphatic rings. The van der Waals surface area contributed by atoms with Crippen LogP contribution in [-0.2, 0) is 4.79 Å². The van der Waals surface area contributed by atoms with Crippen LogP contribution in [0.1, 0.15) is 51.9 Å². The highest BCUT2D eigenvalue weighted by Crippen LogP contribution is 2.37. The lowest BCUT2D eigenvalue weighted by atomic mass is 9.85. The second-order valence-electron chi connectivity index (χ2n) is 6.73. The van der Waals surface area contributed by atoms with Gasteiger partial charge in [-0.05, 0) is 50.7 Å². The van der Waals surface area contributed by atoms with Crippen LogP contribution in [0.3, 0.4) is 0 Å². The minimum atomic E-state index is 0.0723. The Morgan fingerprint density at radius 1 is 1.37 bits per heavy atom. The predicted octanol–water partition coefficient (Wildman–Crippen LogP) is 2.31. The van der Waals surface area contributed by atoms with Gasteiger partial charge in [0.15, 0.2) is 0 Å². The number of carbonyl (C=O) groups excluding carboxylic acids is 1. The highest BCUT2D eigenvalue weighted by molar-refractivity contribution is 8.00. The number of amides is 1. The maximum Gasteiger partial charge on any atom is 0.237 e. The molecule has 1 aliphatic carbocycles. The smallest absolute Gasteiger partial charge is 0.237 e. The van der Waals surface area contributed by atoms with Gasteiger partial charge in [-0.25, -0.2) is 0 Å². The number of hydrogen-bond acceptors (Lipinski definition) is 3. The zero-order valence-electron chi connectivity index (χ0n) is 11.9. The van der Waals surface area contributed by atoms with E-state index in [4.69, 9.17) is 0 Å². The van der Waals surface area contributed by atoms with Gasteiger partial charge in [-0.2, -0.15) is 11.8 Å². The second kappa shape index (κ2) is 5.65. The summed E-state index contributed by atoms with van der Waals surface area (Å²) in [5.41, 5.74) is 0. The quantitative estimate of drug-likeness (QED) is 0.834. The Bertz CT molecular complexity index is 327. The molecule has 0 aromatic carbocycles. The van der Waals surface area contributed by atoms with Crippen molar-refractivity contribution in [2.75, 3.05) is 12.3 Å². The lowest BCUT2D eigenvalue weighted by Gasteiger charge is -2.24. The molecule has 1 amide bonds. The summed E-state index contributed by atoms with van der Waals surface area (Å²) in [6.07, 6.45) is 8.85. The molecule has 3 rings (SSSR count). The second-order valence-corrected chi connectivity index (χ2v) is 8.41. The van der Waals surface area contributed by atoms with E-state index in [1.807, 2.05) is 11.8 Å². The molecule has 3 nitrogen and oxygen atoms in total. The summed E-state index contributed by atoms with van der Waals surface area (Å²) in [6, 6.07) is 0.684. The zero-order chi connectivity index (χ0) is 13.3. The normalized spacial score (nSPS) is 42.1. The summed E-state index contributed by atoms with van der Waals surface area (Å²) in [5, 5.41) is 6.76. The minimum Gasteiger partial charge on any atom is -0.353 e. The number of rotatable bonds is 3. The molecule has 3 fully saturated rings. The molecule has 0 bridgehead atoms. The molecule has 0 aromatic rings. The fraction of sp³-hybridized carbons (Fsp3) is 0.933. The van der Waals surface area contributed by atoms with E-state index in [2.05, 4.69) is 17.6 Å². The van der Waals surface area contributed by atoms with Crippen molar-refractivity contribution in [3.05, 3.63) is 0 Å². The van der Waals surface area contributed by atoms with Crippen LogP contribution in [0.25, 0.3) is 0 Å². The van der Waals surface area contributed by atoms with Gasteiger partial charge in [0.25, 0.3) is 0 Å². The third-order valence-corrected chi connectivity index (χ3v) is 6.65. The monoisotopic (exact) mass is 282 g/mol. The average Bonchev–Trinajstić information content (AvgIpc) is 3.02. The van der Waals surface area contributed by atoms with Crippen LogP contribution < -0.4 is 10.6 Å². The Morgan fingerprint density at radius 3 is 2.95 bits per heavy atom. The van der Waals surface area contributed by atoms with Gasteiger partial charge in [0.05, 0.1) is 6.04 Å². The molecule has 4 atom stereocenters. The highest BCUT2D eigenvalue weighted by Gasteiger charge is 2.39. The fourth-order valence-corrected chi connectivity index (χ4v) is 5.14. The SMILES string of the molecule is CC1(CNC(=O)C2CC3CCCCC3N2)CCCS1. The number of fused-ring (bicyclic) bond motifs is 1. The first-order valence-electron chi connectivity index (χ1n) is 7.84. The zero-order valence-corrected chi connectivity index (χ0v) is 12.7. The molecule has 2 heterocycles. The van der Waals surface area contributed by atoms with Crippen LogP contribution in [0, 0.1) is 5.92 Å². The Labute approximate surface area is 120 Å². The first kappa shape index (κ1) is 13.7. The summed E-state index contributed by atoms with van der Waals surface area (Å²) < 4.78 is 0.279. The number of thioether (sulfide) groups is 1. The molecule has 108 valence electrons. The standard InChI is InChI=1S/C15H26N2OS/c1-15(7-4-8-19-15)10-16-14(18)13-9-11-5-2-3-6-12(11)17-13/h11-13,17H,2-10H2,1H3,(H,16,18). The largest absolute Gasteiger partial charge is 0.353 e. The highest BCUT2D eigenvalue weighted by atomic mass is 32.2. The molecule has 19 heavy (non-hydrogen) atoms. The molecule has 0 aromatic heterocycles. The van der Waals surface area contributed by atoms with E-state index in [9.17, 15) is 4.79 Å². The predicted molar refractivity (Wildman–Crippen MR) is 80.4 cm³/mol. The van der Waals surface area contributed by atoms with Gasteiger partial charge >= 0.3 is 0 Å². The summed E-state index contributed by atoms with van der Waals surface area (Å²) in [7, 11) is 0. The van der Waals surface area contributed by atoms with E-state index in [1.165, 1.54) is 44.3 Å². The van der Waals surface area contributed by atoms with E-state index in [-0.39, 0.29) is 16.7 Å². The molecule has 2 saturated heterocycles. The maximum absolute atomic E-state index is 12.3. The van der Waals surface area contributed by atoms with Crippen LogP contribution in [0.5, 0.6) is 0 Å². The minimum absolute atomic E-state index is 0.0723. The molecule has 0 radical (unpaired) electrons. The van der Waals surface area contributed by atoms with Gasteiger partial charge in [-0.1, -0.05) is 12.8 Å². The van der Waals surface area contributed by atoms with Gasteiger partial charge in [0.1, 0.15) is 0 Å². The summed E-state index contributed by atoms with van der Waals surface area (Å²) >= 11 is 2.01. The summed E-state index contributed by atoms with van der Waals surface area (Å²) in [6.45, 7) is 3.12. The molecular formula is C15H26N2OS. The van der Waals surface area contributed by atoms with Crippen molar-refractivity contribution >= 4 is 17.7 Å². The van der Waals surface area contributed by atoms with Crippen molar-refractivity contribution in [1.29, 1.82) is 0 Å². The third-order valence-electron chi connectivity index (χ3n) is 5.12. The fourth-order valence-electron chi connectivity index (χ4n) is 3.89. The average molecular weight is 282 g/mol. The van der Waals surface area contributed by atoms with Crippen molar-refractivity contribution in [3.63, 3.8) is 0 Å². The van der Waals surface area contributed by atoms with Crippen molar-refractivity contribution in [1.82, 2.24) is 10.6 Å². The Balaban J connectivity index is 1.48. The van der Waals surface area contributed by atoms with Crippen molar-refractivity contribution < 1.29 is 4.79 Å². The van der Waals surface area contributed by atoms with E-state index in [1.54, 1.807) is 0 Å². The Morgan fingerprint density at radius 2 is 2.21 bits per heavy atom. The molecular weight excluding hydrogens is 256 g/mol. The van der Waals surface area contributed by atoms with Crippen molar-refractivity contribution in [2.45, 2.75) is 68.7 Å². The summed E-state index contributed by atoms with van der Waals surface area (Å²) in [5.74, 6) is 2.24. The molecule has 2 N–H and O–H groups in total. The van der Waals surface area contributed by atoms with Gasteiger partial charge in [0, 0.05) is 17.3 Å². The van der Waals surface area contributed by atoms with Crippen molar-refractivity contribution in [3.8, 4) is 0 Å². The van der Waals surface area contributed by atoms with Gasteiger partial charge in [0.2, 0.25) is 5.91 Å². The first-order valence-corrected chi connectivity index (χ1v) is 8.83. The van der Waals surface area contributed by atoms with E-state index in [0.717, 1.165) is 18.9 Å². The van der Waals surface area contributed by atoms with Gasteiger partial charge in [-0.3, -0.25) is 4.79 Å². The van der Waals surface area contributed by atoms with E-state index >= 15 is 0 Å². The molecule has 2 aliphatic heterocycles. The summed E-state index contributed by atoms with van der Waals surface area (Å²) in [4.78, 5) is 12.3. The van der Waals surface area contributed by atoms with Crippen LogP contribution in [-0.4, -0.2) is 35.0 Å². The van der Waals surface area contributed by atoms with Crippen LogP contribution in [0.15, 0.2) is 0 Å². The first-order chi connectivity index (χ1) is 9.16. The molecule has 4 heteroatoms. The van der Waals surface area contributed by atoms with Crippen LogP contribution in [0.4, 0.5) is 0 Å². The Kier molecular flexibility index (Phi) is 4.08. The number of hydrogen-bond donors (Lipinski definition) is 2. The lowest BCUT2D eigenvalue weighted by molar-refractivity contribution is -0.123. The topological polar surface area (TPSA) is 41.1 Å². The number of nitrogens with one attached hydrogen (secondary N) is 2. The third kappa shape index (κ3) is 3.10.